The fourth-order valence-corrected chi connectivity index (χ4v) is 2.67. The molecule has 0 aliphatic heterocycles. The second-order valence-corrected chi connectivity index (χ2v) is 5.98. The molecule has 0 spiro atoms. The lowest BCUT2D eigenvalue weighted by molar-refractivity contribution is 0.0601. The van der Waals surface area contributed by atoms with Gasteiger partial charge >= 0.3 is 6.03 Å². The van der Waals surface area contributed by atoms with Crippen LogP contribution in [-0.2, 0) is 9.47 Å². The first-order valence-corrected chi connectivity index (χ1v) is 8.78. The molecule has 0 saturated carbocycles. The number of benzene rings is 1. The zero-order valence-electron chi connectivity index (χ0n) is 15.8. The van der Waals surface area contributed by atoms with Crippen LogP contribution in [0.5, 0.6) is 5.88 Å². The summed E-state index contributed by atoms with van der Waals surface area (Å²) in [7, 11) is 3.15. The Morgan fingerprint density at radius 2 is 2.04 bits per heavy atom. The van der Waals surface area contributed by atoms with Crippen molar-refractivity contribution in [3.63, 3.8) is 0 Å². The third-order valence-corrected chi connectivity index (χ3v) is 4.07. The number of H-pyrrole nitrogens is 1. The van der Waals surface area contributed by atoms with Crippen LogP contribution in [0.25, 0.3) is 10.9 Å². The molecule has 0 saturated heterocycles. The minimum Gasteiger partial charge on any atom is -0.479 e. The molecule has 0 aliphatic carbocycles. The predicted molar refractivity (Wildman–Crippen MR) is 104 cm³/mol. The number of carbonyl (C=O) groups excluding carboxylic acids is 1. The van der Waals surface area contributed by atoms with Crippen LogP contribution in [0, 0.1) is 0 Å². The third kappa shape index (κ3) is 4.96. The SMILES string of the molecule is COCCOC[C@@H](NC(=O)Nc1cc2[nH]nc(OC)c2cn1)c1ccccc1. The minimum atomic E-state index is -0.387. The number of aromatic nitrogens is 3. The van der Waals surface area contributed by atoms with E-state index in [0.717, 1.165) is 10.9 Å². The number of nitrogens with zero attached hydrogens (tertiary/aromatic N) is 2. The number of methoxy groups -OCH3 is 2. The molecule has 9 nitrogen and oxygen atoms in total. The molecule has 3 aromatic rings. The second-order valence-electron chi connectivity index (χ2n) is 5.98. The Kier molecular flexibility index (Phi) is 6.77. The summed E-state index contributed by atoms with van der Waals surface area (Å²) in [6, 6.07) is 10.6. The highest BCUT2D eigenvalue weighted by Crippen LogP contribution is 2.23. The van der Waals surface area contributed by atoms with Gasteiger partial charge in [0.1, 0.15) is 5.82 Å². The smallest absolute Gasteiger partial charge is 0.320 e. The highest BCUT2D eigenvalue weighted by atomic mass is 16.5. The Morgan fingerprint density at radius 1 is 1.21 bits per heavy atom. The normalized spacial score (nSPS) is 11.9. The summed E-state index contributed by atoms with van der Waals surface area (Å²) in [4.78, 5) is 16.7. The average Bonchev–Trinajstić information content (AvgIpc) is 3.13. The summed E-state index contributed by atoms with van der Waals surface area (Å²) < 4.78 is 15.7. The van der Waals surface area contributed by atoms with Gasteiger partial charge < -0.3 is 19.5 Å². The van der Waals surface area contributed by atoms with E-state index < -0.39 is 0 Å². The van der Waals surface area contributed by atoms with E-state index in [-0.39, 0.29) is 12.1 Å². The maximum absolute atomic E-state index is 12.5. The van der Waals surface area contributed by atoms with Crippen LogP contribution in [0.15, 0.2) is 42.6 Å². The summed E-state index contributed by atoms with van der Waals surface area (Å²) in [5, 5.41) is 13.3. The van der Waals surface area contributed by atoms with Crippen molar-refractivity contribution in [2.75, 3.05) is 39.4 Å². The van der Waals surface area contributed by atoms with Crippen molar-refractivity contribution in [3.05, 3.63) is 48.2 Å². The van der Waals surface area contributed by atoms with E-state index in [4.69, 9.17) is 14.2 Å². The number of pyridine rings is 1. The lowest BCUT2D eigenvalue weighted by Crippen LogP contribution is -2.35. The van der Waals surface area contributed by atoms with E-state index >= 15 is 0 Å². The number of amides is 2. The summed E-state index contributed by atoms with van der Waals surface area (Å²) in [5.74, 6) is 0.847. The van der Waals surface area contributed by atoms with Crippen LogP contribution < -0.4 is 15.4 Å². The van der Waals surface area contributed by atoms with Gasteiger partial charge in [0, 0.05) is 19.4 Å². The number of ether oxygens (including phenoxy) is 3. The van der Waals surface area contributed by atoms with Gasteiger partial charge in [-0.1, -0.05) is 30.3 Å². The largest absolute Gasteiger partial charge is 0.479 e. The highest BCUT2D eigenvalue weighted by Gasteiger charge is 2.16. The first-order valence-electron chi connectivity index (χ1n) is 8.78. The average molecular weight is 385 g/mol. The molecule has 0 fully saturated rings. The number of urea groups is 1. The molecule has 28 heavy (non-hydrogen) atoms. The molecule has 0 unspecified atom stereocenters. The molecule has 2 heterocycles. The van der Waals surface area contributed by atoms with Crippen LogP contribution in [0.4, 0.5) is 10.6 Å². The number of nitrogens with one attached hydrogen (secondary N) is 3. The van der Waals surface area contributed by atoms with Gasteiger partial charge in [-0.05, 0) is 5.56 Å². The lowest BCUT2D eigenvalue weighted by atomic mass is 10.1. The third-order valence-electron chi connectivity index (χ3n) is 4.07. The fourth-order valence-electron chi connectivity index (χ4n) is 2.67. The quantitative estimate of drug-likeness (QED) is 0.488. The summed E-state index contributed by atoms with van der Waals surface area (Å²) in [5.41, 5.74) is 1.65. The van der Waals surface area contributed by atoms with Crippen LogP contribution in [0.3, 0.4) is 0 Å². The predicted octanol–water partition coefficient (Wildman–Crippen LogP) is 2.49. The van der Waals surface area contributed by atoms with Gasteiger partial charge in [-0.2, -0.15) is 0 Å². The molecule has 1 atom stereocenters. The first kappa shape index (κ1) is 19.6. The van der Waals surface area contributed by atoms with Gasteiger partial charge in [0.15, 0.2) is 0 Å². The van der Waals surface area contributed by atoms with E-state index in [1.807, 2.05) is 30.3 Å². The molecule has 1 aromatic carbocycles. The Morgan fingerprint density at radius 3 is 2.79 bits per heavy atom. The summed E-state index contributed by atoms with van der Waals surface area (Å²) >= 11 is 0. The van der Waals surface area contributed by atoms with Crippen molar-refractivity contribution in [1.29, 1.82) is 0 Å². The molecule has 0 radical (unpaired) electrons. The van der Waals surface area contributed by atoms with Crippen molar-refractivity contribution in [2.24, 2.45) is 0 Å². The number of hydrogen-bond donors (Lipinski definition) is 3. The number of rotatable bonds is 9. The fraction of sp³-hybridized carbons (Fsp3) is 0.316. The Hall–Kier alpha value is -3.17. The Labute approximate surface area is 162 Å². The number of hydrogen-bond acceptors (Lipinski definition) is 6. The number of aromatic amines is 1. The number of carbonyl (C=O) groups is 1. The van der Waals surface area contributed by atoms with Crippen molar-refractivity contribution in [3.8, 4) is 5.88 Å². The zero-order valence-corrected chi connectivity index (χ0v) is 15.8. The molecular weight excluding hydrogens is 362 g/mol. The summed E-state index contributed by atoms with van der Waals surface area (Å²) in [6.07, 6.45) is 1.59. The molecule has 3 N–H and O–H groups in total. The van der Waals surface area contributed by atoms with E-state index in [1.54, 1.807) is 19.4 Å². The monoisotopic (exact) mass is 385 g/mol. The molecule has 3 rings (SSSR count). The molecule has 0 aliphatic rings. The highest BCUT2D eigenvalue weighted by molar-refractivity contribution is 5.92. The van der Waals surface area contributed by atoms with Gasteiger partial charge in [0.2, 0.25) is 5.88 Å². The standard InChI is InChI=1S/C19H23N5O4/c1-26-8-9-28-12-16(13-6-4-3-5-7-13)21-19(25)22-17-10-15-14(11-20-17)18(27-2)24-23-15/h3-7,10-11,16H,8-9,12H2,1-2H3,(H,23,24)(H2,20,21,22,25)/t16-/m1/s1. The van der Waals surface area contributed by atoms with Crippen molar-refractivity contribution >= 4 is 22.8 Å². The zero-order chi connectivity index (χ0) is 19.8. The van der Waals surface area contributed by atoms with Crippen molar-refractivity contribution in [2.45, 2.75) is 6.04 Å². The van der Waals surface area contributed by atoms with Crippen LogP contribution in [0.1, 0.15) is 11.6 Å². The van der Waals surface area contributed by atoms with Gasteiger partial charge in [0.25, 0.3) is 0 Å². The van der Waals surface area contributed by atoms with Gasteiger partial charge in [-0.25, -0.2) is 9.78 Å². The van der Waals surface area contributed by atoms with Gasteiger partial charge in [0.05, 0.1) is 43.9 Å². The van der Waals surface area contributed by atoms with Crippen molar-refractivity contribution in [1.82, 2.24) is 20.5 Å². The molecular formula is C19H23N5O4. The topological polar surface area (TPSA) is 110 Å². The number of fused-ring (bicyclic) bond motifs is 1. The first-order chi connectivity index (χ1) is 13.7. The molecule has 148 valence electrons. The van der Waals surface area contributed by atoms with Crippen LogP contribution in [-0.4, -0.2) is 55.3 Å². The van der Waals surface area contributed by atoms with E-state index in [1.165, 1.54) is 7.11 Å². The van der Waals surface area contributed by atoms with Crippen LogP contribution in [0.2, 0.25) is 0 Å². The second kappa shape index (κ2) is 9.67. The van der Waals surface area contributed by atoms with E-state index in [0.29, 0.717) is 37.0 Å². The maximum Gasteiger partial charge on any atom is 0.320 e. The minimum absolute atomic E-state index is 0.311. The van der Waals surface area contributed by atoms with E-state index in [9.17, 15) is 4.79 Å². The van der Waals surface area contributed by atoms with Gasteiger partial charge in [-0.15, -0.1) is 5.10 Å². The van der Waals surface area contributed by atoms with Crippen molar-refractivity contribution < 1.29 is 19.0 Å². The summed E-state index contributed by atoms with van der Waals surface area (Å²) in [6.45, 7) is 1.26. The molecule has 9 heteroatoms. The Balaban J connectivity index is 1.65. The molecule has 2 amide bonds. The Bertz CT molecular complexity index is 900. The number of anilines is 1. The molecule has 0 bridgehead atoms. The van der Waals surface area contributed by atoms with E-state index in [2.05, 4.69) is 25.8 Å². The van der Waals surface area contributed by atoms with Crippen LogP contribution >= 0.6 is 0 Å². The maximum atomic E-state index is 12.5. The lowest BCUT2D eigenvalue weighted by Gasteiger charge is -2.19. The van der Waals surface area contributed by atoms with Gasteiger partial charge in [-0.3, -0.25) is 10.4 Å². The molecule has 2 aromatic heterocycles.